The Morgan fingerprint density at radius 3 is 2.40 bits per heavy atom. The third-order valence-corrected chi connectivity index (χ3v) is 5.31. The van der Waals surface area contributed by atoms with E-state index < -0.39 is 16.0 Å². The molecule has 3 aromatic carbocycles. The van der Waals surface area contributed by atoms with E-state index >= 15 is 0 Å². The number of aryl methyl sites for hydroxylation is 1. The molecular weight excluding hydrogens is 338 g/mol. The third-order valence-electron chi connectivity index (χ3n) is 3.93. The Morgan fingerprint density at radius 1 is 0.960 bits per heavy atom. The monoisotopic (exact) mass is 355 g/mol. The molecule has 0 aliphatic carbocycles. The van der Waals surface area contributed by atoms with Crippen molar-refractivity contribution >= 4 is 32.5 Å². The second-order valence-corrected chi connectivity index (χ2v) is 7.32. The summed E-state index contributed by atoms with van der Waals surface area (Å²) < 4.78 is 32.5. The number of benzene rings is 3. The van der Waals surface area contributed by atoms with Crippen molar-refractivity contribution in [3.63, 3.8) is 0 Å². The summed E-state index contributed by atoms with van der Waals surface area (Å²) in [6, 6.07) is 17.4. The number of hydrogen-bond acceptors (Lipinski definition) is 4. The molecule has 0 fully saturated rings. The van der Waals surface area contributed by atoms with Crippen LogP contribution in [0.2, 0.25) is 0 Å². The average Bonchev–Trinajstić information content (AvgIpc) is 2.61. The Bertz CT molecular complexity index is 1060. The molecule has 0 aliphatic heterocycles. The van der Waals surface area contributed by atoms with Crippen LogP contribution in [0.25, 0.3) is 10.8 Å². The standard InChI is InChI=1S/C19H17NO4S/c1-13-7-10-17(12-18(13)19(21)24-2)25(22,23)20-16-9-8-14-5-3-4-6-15(14)11-16/h3-12,20H,1-2H3. The minimum Gasteiger partial charge on any atom is -0.465 e. The number of carbonyl (C=O) groups excluding carboxylic acids is 1. The lowest BCUT2D eigenvalue weighted by atomic mass is 10.1. The van der Waals surface area contributed by atoms with Crippen LogP contribution in [-0.2, 0) is 14.8 Å². The summed E-state index contributed by atoms with van der Waals surface area (Å²) >= 11 is 0. The van der Waals surface area contributed by atoms with Gasteiger partial charge in [0, 0.05) is 5.69 Å². The summed E-state index contributed by atoms with van der Waals surface area (Å²) in [5.74, 6) is -0.569. The fourth-order valence-corrected chi connectivity index (χ4v) is 3.64. The van der Waals surface area contributed by atoms with E-state index in [0.717, 1.165) is 10.8 Å². The fourth-order valence-electron chi connectivity index (χ4n) is 2.57. The number of hydrogen-bond donors (Lipinski definition) is 1. The molecule has 128 valence electrons. The van der Waals surface area contributed by atoms with E-state index in [-0.39, 0.29) is 10.5 Å². The first-order valence-electron chi connectivity index (χ1n) is 7.61. The maximum Gasteiger partial charge on any atom is 0.338 e. The van der Waals surface area contributed by atoms with Gasteiger partial charge in [0.25, 0.3) is 10.0 Å². The number of rotatable bonds is 4. The number of methoxy groups -OCH3 is 1. The zero-order chi connectivity index (χ0) is 18.0. The third kappa shape index (κ3) is 3.49. The van der Waals surface area contributed by atoms with Crippen LogP contribution in [-0.4, -0.2) is 21.5 Å². The summed E-state index contributed by atoms with van der Waals surface area (Å²) in [4.78, 5) is 11.8. The number of sulfonamides is 1. The van der Waals surface area contributed by atoms with Gasteiger partial charge in [-0.25, -0.2) is 13.2 Å². The van der Waals surface area contributed by atoms with Crippen LogP contribution in [0.15, 0.2) is 65.6 Å². The average molecular weight is 355 g/mol. The molecular formula is C19H17NO4S. The second-order valence-electron chi connectivity index (χ2n) is 5.64. The molecule has 25 heavy (non-hydrogen) atoms. The van der Waals surface area contributed by atoms with E-state index in [1.165, 1.54) is 19.2 Å². The maximum absolute atomic E-state index is 12.6. The summed E-state index contributed by atoms with van der Waals surface area (Å²) in [6.45, 7) is 1.72. The van der Waals surface area contributed by atoms with Crippen LogP contribution in [0, 0.1) is 6.92 Å². The van der Waals surface area contributed by atoms with Crippen molar-refractivity contribution in [2.24, 2.45) is 0 Å². The van der Waals surface area contributed by atoms with Crippen LogP contribution in [0.4, 0.5) is 5.69 Å². The molecule has 6 heteroatoms. The zero-order valence-corrected chi connectivity index (χ0v) is 14.6. The van der Waals surface area contributed by atoms with Crippen LogP contribution < -0.4 is 4.72 Å². The van der Waals surface area contributed by atoms with Crippen LogP contribution in [0.1, 0.15) is 15.9 Å². The lowest BCUT2D eigenvalue weighted by molar-refractivity contribution is 0.0599. The lowest BCUT2D eigenvalue weighted by Crippen LogP contribution is -2.14. The van der Waals surface area contributed by atoms with Gasteiger partial charge in [-0.05, 0) is 47.5 Å². The molecule has 0 bridgehead atoms. The van der Waals surface area contributed by atoms with Crippen LogP contribution in [0.3, 0.4) is 0 Å². The number of nitrogens with one attached hydrogen (secondary N) is 1. The highest BCUT2D eigenvalue weighted by Crippen LogP contribution is 2.23. The van der Waals surface area contributed by atoms with Gasteiger partial charge < -0.3 is 4.74 Å². The van der Waals surface area contributed by atoms with Gasteiger partial charge in [-0.1, -0.05) is 36.4 Å². The van der Waals surface area contributed by atoms with Crippen molar-refractivity contribution in [1.29, 1.82) is 0 Å². The predicted molar refractivity (Wildman–Crippen MR) is 97.3 cm³/mol. The molecule has 3 aromatic rings. The van der Waals surface area contributed by atoms with Gasteiger partial charge in [0.2, 0.25) is 0 Å². The molecule has 0 heterocycles. The molecule has 0 aromatic heterocycles. The van der Waals surface area contributed by atoms with E-state index in [0.29, 0.717) is 11.3 Å². The molecule has 3 rings (SSSR count). The first kappa shape index (κ1) is 17.0. The Labute approximate surface area is 146 Å². The first-order chi connectivity index (χ1) is 11.9. The highest BCUT2D eigenvalue weighted by molar-refractivity contribution is 7.92. The Hall–Kier alpha value is -2.86. The summed E-state index contributed by atoms with van der Waals surface area (Å²) in [7, 11) is -2.56. The molecule has 0 unspecified atom stereocenters. The molecule has 1 N–H and O–H groups in total. The SMILES string of the molecule is COC(=O)c1cc(S(=O)(=O)Nc2ccc3ccccc3c2)ccc1C. The minimum atomic E-state index is -3.82. The number of anilines is 1. The fraction of sp³-hybridized carbons (Fsp3) is 0.105. The van der Waals surface area contributed by atoms with Gasteiger partial charge in [-0.2, -0.15) is 0 Å². The molecule has 0 saturated heterocycles. The largest absolute Gasteiger partial charge is 0.465 e. The first-order valence-corrected chi connectivity index (χ1v) is 9.09. The minimum absolute atomic E-state index is 0.00617. The van der Waals surface area contributed by atoms with Crippen LogP contribution >= 0.6 is 0 Å². The maximum atomic E-state index is 12.6. The van der Waals surface area contributed by atoms with Crippen molar-refractivity contribution in [2.45, 2.75) is 11.8 Å². The molecule has 0 amide bonds. The van der Waals surface area contributed by atoms with E-state index in [1.807, 2.05) is 30.3 Å². The number of esters is 1. The smallest absolute Gasteiger partial charge is 0.338 e. The van der Waals surface area contributed by atoms with E-state index in [1.54, 1.807) is 25.1 Å². The summed E-state index contributed by atoms with van der Waals surface area (Å²) in [5.41, 5.74) is 1.33. The van der Waals surface area contributed by atoms with Gasteiger partial charge >= 0.3 is 5.97 Å². The Balaban J connectivity index is 1.97. The van der Waals surface area contributed by atoms with E-state index in [2.05, 4.69) is 4.72 Å². The molecule has 5 nitrogen and oxygen atoms in total. The quantitative estimate of drug-likeness (QED) is 0.724. The molecule has 0 saturated carbocycles. The van der Waals surface area contributed by atoms with E-state index in [9.17, 15) is 13.2 Å². The Morgan fingerprint density at radius 2 is 1.68 bits per heavy atom. The van der Waals surface area contributed by atoms with Gasteiger partial charge in [-0.15, -0.1) is 0 Å². The summed E-state index contributed by atoms with van der Waals surface area (Å²) in [5, 5.41) is 1.95. The lowest BCUT2D eigenvalue weighted by Gasteiger charge is -2.11. The topological polar surface area (TPSA) is 72.5 Å². The Kier molecular flexibility index (Phi) is 4.46. The van der Waals surface area contributed by atoms with Crippen molar-refractivity contribution in [1.82, 2.24) is 0 Å². The highest BCUT2D eigenvalue weighted by atomic mass is 32.2. The highest BCUT2D eigenvalue weighted by Gasteiger charge is 2.18. The summed E-state index contributed by atoms with van der Waals surface area (Å²) in [6.07, 6.45) is 0. The number of fused-ring (bicyclic) bond motifs is 1. The predicted octanol–water partition coefficient (Wildman–Crippen LogP) is 3.74. The van der Waals surface area contributed by atoms with Gasteiger partial charge in [0.05, 0.1) is 17.6 Å². The zero-order valence-electron chi connectivity index (χ0n) is 13.8. The normalized spacial score (nSPS) is 11.3. The molecule has 0 spiro atoms. The van der Waals surface area contributed by atoms with Crippen molar-refractivity contribution in [3.05, 3.63) is 71.8 Å². The van der Waals surface area contributed by atoms with Gasteiger partial charge in [-0.3, -0.25) is 4.72 Å². The number of carbonyl (C=O) groups is 1. The van der Waals surface area contributed by atoms with Gasteiger partial charge in [0.15, 0.2) is 0 Å². The number of ether oxygens (including phenoxy) is 1. The molecule has 0 aliphatic rings. The molecule has 0 radical (unpaired) electrons. The van der Waals surface area contributed by atoms with E-state index in [4.69, 9.17) is 4.74 Å². The van der Waals surface area contributed by atoms with Gasteiger partial charge in [0.1, 0.15) is 0 Å². The van der Waals surface area contributed by atoms with Crippen molar-refractivity contribution < 1.29 is 17.9 Å². The second kappa shape index (κ2) is 6.57. The van der Waals surface area contributed by atoms with Crippen LogP contribution in [0.5, 0.6) is 0 Å². The van der Waals surface area contributed by atoms with Crippen molar-refractivity contribution in [3.8, 4) is 0 Å². The van der Waals surface area contributed by atoms with Crippen molar-refractivity contribution in [2.75, 3.05) is 11.8 Å². The molecule has 0 atom stereocenters.